The zero-order valence-corrected chi connectivity index (χ0v) is 15.2. The summed E-state index contributed by atoms with van der Waals surface area (Å²) in [4.78, 5) is 21.1. The van der Waals surface area contributed by atoms with E-state index in [1.165, 1.54) is 12.8 Å². The number of rotatable bonds is 4. The Bertz CT molecular complexity index is 709. The summed E-state index contributed by atoms with van der Waals surface area (Å²) in [5.74, 6) is 0.526. The molecule has 1 amide bonds. The van der Waals surface area contributed by atoms with Gasteiger partial charge in [-0.15, -0.1) is 0 Å². The Balaban J connectivity index is 1.64. The van der Waals surface area contributed by atoms with Gasteiger partial charge in [-0.1, -0.05) is 6.92 Å². The quantitative estimate of drug-likeness (QED) is 0.925. The molecule has 1 fully saturated rings. The van der Waals surface area contributed by atoms with Crippen molar-refractivity contribution in [1.29, 1.82) is 0 Å². The Kier molecular flexibility index (Phi) is 5.22. The highest BCUT2D eigenvalue weighted by atomic mass is 16.1. The molecule has 0 radical (unpaired) electrons. The third-order valence-electron chi connectivity index (χ3n) is 4.64. The molecule has 1 aliphatic rings. The first-order valence-corrected chi connectivity index (χ1v) is 8.82. The molecule has 132 valence electrons. The molecular weight excluding hydrogens is 312 g/mol. The Morgan fingerprint density at radius 1 is 1.20 bits per heavy atom. The van der Waals surface area contributed by atoms with Crippen LogP contribution in [0.4, 0.5) is 17.1 Å². The minimum absolute atomic E-state index is 0.184. The van der Waals surface area contributed by atoms with Crippen LogP contribution in [0.15, 0.2) is 42.6 Å². The molecule has 1 unspecified atom stereocenters. The third-order valence-corrected chi connectivity index (χ3v) is 4.64. The molecule has 2 aromatic rings. The highest BCUT2D eigenvalue weighted by Crippen LogP contribution is 2.22. The fourth-order valence-corrected chi connectivity index (χ4v) is 3.17. The number of pyridine rings is 1. The van der Waals surface area contributed by atoms with Crippen LogP contribution in [0.5, 0.6) is 0 Å². The van der Waals surface area contributed by atoms with Crippen molar-refractivity contribution in [1.82, 2.24) is 4.98 Å². The first-order valence-electron chi connectivity index (χ1n) is 8.82. The fourth-order valence-electron chi connectivity index (χ4n) is 3.17. The maximum absolute atomic E-state index is 12.4. The molecule has 1 aromatic heterocycles. The summed E-state index contributed by atoms with van der Waals surface area (Å²) < 4.78 is 0. The zero-order valence-electron chi connectivity index (χ0n) is 15.2. The van der Waals surface area contributed by atoms with Gasteiger partial charge in [-0.2, -0.15) is 0 Å². The topological polar surface area (TPSA) is 48.5 Å². The smallest absolute Gasteiger partial charge is 0.274 e. The van der Waals surface area contributed by atoms with Crippen molar-refractivity contribution in [2.45, 2.75) is 19.8 Å². The van der Waals surface area contributed by atoms with E-state index in [-0.39, 0.29) is 5.91 Å². The number of piperidine rings is 1. The Hall–Kier alpha value is -2.56. The second-order valence-corrected chi connectivity index (χ2v) is 6.99. The van der Waals surface area contributed by atoms with E-state index in [4.69, 9.17) is 0 Å². The summed E-state index contributed by atoms with van der Waals surface area (Å²) >= 11 is 0. The van der Waals surface area contributed by atoms with E-state index in [2.05, 4.69) is 22.1 Å². The van der Waals surface area contributed by atoms with Gasteiger partial charge in [-0.25, -0.2) is 4.98 Å². The van der Waals surface area contributed by atoms with Gasteiger partial charge in [0.05, 0.1) is 11.9 Å². The lowest BCUT2D eigenvalue weighted by Crippen LogP contribution is -2.34. The van der Waals surface area contributed by atoms with E-state index in [1.807, 2.05) is 55.5 Å². The lowest BCUT2D eigenvalue weighted by Gasteiger charge is -2.32. The van der Waals surface area contributed by atoms with Crippen LogP contribution in [0.3, 0.4) is 0 Å². The molecule has 1 N–H and O–H groups in total. The molecular formula is C20H26N4O. The summed E-state index contributed by atoms with van der Waals surface area (Å²) in [5, 5.41) is 2.90. The van der Waals surface area contributed by atoms with E-state index < -0.39 is 0 Å². The number of carbonyl (C=O) groups excluding carboxylic acids is 1. The number of carbonyl (C=O) groups is 1. The fraction of sp³-hybridized carbons (Fsp3) is 0.400. The number of nitrogens with zero attached hydrogens (tertiary/aromatic N) is 3. The van der Waals surface area contributed by atoms with Crippen LogP contribution in [0.2, 0.25) is 0 Å². The van der Waals surface area contributed by atoms with Gasteiger partial charge in [0.1, 0.15) is 5.69 Å². The largest absolute Gasteiger partial charge is 0.378 e. The van der Waals surface area contributed by atoms with Crippen LogP contribution >= 0.6 is 0 Å². The maximum atomic E-state index is 12.4. The van der Waals surface area contributed by atoms with Gasteiger partial charge in [0.25, 0.3) is 5.91 Å². The number of hydrogen-bond donors (Lipinski definition) is 1. The molecule has 1 atom stereocenters. The summed E-state index contributed by atoms with van der Waals surface area (Å²) in [7, 11) is 3.98. The van der Waals surface area contributed by atoms with Crippen molar-refractivity contribution in [3.05, 3.63) is 48.3 Å². The molecule has 5 heteroatoms. The highest BCUT2D eigenvalue weighted by Gasteiger charge is 2.17. The van der Waals surface area contributed by atoms with Crippen molar-refractivity contribution in [3.63, 3.8) is 0 Å². The minimum atomic E-state index is -0.184. The second kappa shape index (κ2) is 7.55. The summed E-state index contributed by atoms with van der Waals surface area (Å²) in [6.07, 6.45) is 4.31. The lowest BCUT2D eigenvalue weighted by atomic mass is 10.00. The number of anilines is 3. The highest BCUT2D eigenvalue weighted by molar-refractivity contribution is 6.03. The molecule has 5 nitrogen and oxygen atoms in total. The monoisotopic (exact) mass is 338 g/mol. The van der Waals surface area contributed by atoms with E-state index in [1.54, 1.807) is 6.07 Å². The molecule has 1 aromatic carbocycles. The summed E-state index contributed by atoms with van der Waals surface area (Å²) in [6, 6.07) is 11.5. The van der Waals surface area contributed by atoms with Gasteiger partial charge >= 0.3 is 0 Å². The molecule has 0 spiro atoms. The number of benzene rings is 1. The first kappa shape index (κ1) is 17.3. The third kappa shape index (κ3) is 4.29. The lowest BCUT2D eigenvalue weighted by molar-refractivity contribution is 0.102. The van der Waals surface area contributed by atoms with E-state index in [0.717, 1.165) is 30.2 Å². The standard InChI is InChI=1S/C20H26N4O/c1-15-5-4-12-24(14-15)18-10-11-19(21-13-18)20(25)22-16-6-8-17(9-7-16)23(2)3/h6-11,13,15H,4-5,12,14H2,1-3H3,(H,22,25). The van der Waals surface area contributed by atoms with Crippen LogP contribution in [0.25, 0.3) is 0 Å². The van der Waals surface area contributed by atoms with Gasteiger partial charge in [0, 0.05) is 38.6 Å². The molecule has 0 aliphatic carbocycles. The maximum Gasteiger partial charge on any atom is 0.274 e. The van der Waals surface area contributed by atoms with Crippen LogP contribution in [-0.4, -0.2) is 38.1 Å². The first-order chi connectivity index (χ1) is 12.0. The van der Waals surface area contributed by atoms with Crippen molar-refractivity contribution in [3.8, 4) is 0 Å². The Morgan fingerprint density at radius 2 is 1.96 bits per heavy atom. The van der Waals surface area contributed by atoms with Crippen molar-refractivity contribution in [2.75, 3.05) is 42.3 Å². The molecule has 2 heterocycles. The zero-order chi connectivity index (χ0) is 17.8. The van der Waals surface area contributed by atoms with Gasteiger partial charge in [0.2, 0.25) is 0 Å². The van der Waals surface area contributed by atoms with Crippen molar-refractivity contribution >= 4 is 23.0 Å². The van der Waals surface area contributed by atoms with Gasteiger partial charge in [-0.3, -0.25) is 4.79 Å². The number of aromatic nitrogens is 1. The normalized spacial score (nSPS) is 17.2. The van der Waals surface area contributed by atoms with E-state index >= 15 is 0 Å². The number of amides is 1. The molecule has 25 heavy (non-hydrogen) atoms. The predicted octanol–water partition coefficient (Wildman–Crippen LogP) is 3.64. The van der Waals surface area contributed by atoms with Gasteiger partial charge in [0.15, 0.2) is 0 Å². The SMILES string of the molecule is CC1CCCN(c2ccc(C(=O)Nc3ccc(N(C)C)cc3)nc2)C1. The second-order valence-electron chi connectivity index (χ2n) is 6.99. The number of nitrogens with one attached hydrogen (secondary N) is 1. The predicted molar refractivity (Wildman–Crippen MR) is 104 cm³/mol. The van der Waals surface area contributed by atoms with Crippen LogP contribution in [0.1, 0.15) is 30.3 Å². The minimum Gasteiger partial charge on any atom is -0.378 e. The average molecular weight is 338 g/mol. The van der Waals surface area contributed by atoms with Crippen LogP contribution < -0.4 is 15.1 Å². The van der Waals surface area contributed by atoms with E-state index in [0.29, 0.717) is 11.6 Å². The van der Waals surface area contributed by atoms with E-state index in [9.17, 15) is 4.79 Å². The molecule has 1 saturated heterocycles. The summed E-state index contributed by atoms with van der Waals surface area (Å²) in [5.41, 5.74) is 3.39. The number of hydrogen-bond acceptors (Lipinski definition) is 4. The van der Waals surface area contributed by atoms with Crippen LogP contribution in [0, 0.1) is 5.92 Å². The van der Waals surface area contributed by atoms with Crippen molar-refractivity contribution < 1.29 is 4.79 Å². The van der Waals surface area contributed by atoms with Crippen LogP contribution in [-0.2, 0) is 0 Å². The van der Waals surface area contributed by atoms with Crippen molar-refractivity contribution in [2.24, 2.45) is 5.92 Å². The molecule has 1 aliphatic heterocycles. The molecule has 0 bridgehead atoms. The Morgan fingerprint density at radius 3 is 2.56 bits per heavy atom. The average Bonchev–Trinajstić information content (AvgIpc) is 2.62. The Labute approximate surface area is 149 Å². The summed E-state index contributed by atoms with van der Waals surface area (Å²) in [6.45, 7) is 4.41. The van der Waals surface area contributed by atoms with Gasteiger partial charge in [-0.05, 0) is 55.2 Å². The molecule has 3 rings (SSSR count). The molecule has 0 saturated carbocycles. The van der Waals surface area contributed by atoms with Gasteiger partial charge < -0.3 is 15.1 Å².